The van der Waals surface area contributed by atoms with Crippen LogP contribution in [-0.4, -0.2) is 19.9 Å². The van der Waals surface area contributed by atoms with Gasteiger partial charge in [-0.1, -0.05) is 48.5 Å². The zero-order valence-corrected chi connectivity index (χ0v) is 13.6. The predicted octanol–water partition coefficient (Wildman–Crippen LogP) is 4.23. The van der Waals surface area contributed by atoms with E-state index in [1.165, 1.54) is 5.56 Å². The van der Waals surface area contributed by atoms with E-state index in [9.17, 15) is 5.11 Å². The summed E-state index contributed by atoms with van der Waals surface area (Å²) < 4.78 is 1.88. The second kappa shape index (κ2) is 6.61. The van der Waals surface area contributed by atoms with Gasteiger partial charge in [0, 0.05) is 12.0 Å². The van der Waals surface area contributed by atoms with Gasteiger partial charge in [-0.05, 0) is 42.0 Å². The summed E-state index contributed by atoms with van der Waals surface area (Å²) in [6, 6.07) is 27.2. The first-order valence-corrected chi connectivity index (χ1v) is 8.14. The average molecular weight is 327 g/mol. The third kappa shape index (κ3) is 3.28. The zero-order chi connectivity index (χ0) is 17.1. The van der Waals surface area contributed by atoms with Gasteiger partial charge < -0.3 is 5.11 Å². The quantitative estimate of drug-likeness (QED) is 0.610. The summed E-state index contributed by atoms with van der Waals surface area (Å²) in [4.78, 5) is 4.75. The Balaban J connectivity index is 1.79. The summed E-state index contributed by atoms with van der Waals surface area (Å²) in [6.45, 7) is 0. The van der Waals surface area contributed by atoms with Crippen molar-refractivity contribution < 1.29 is 5.11 Å². The SMILES string of the molecule is Oc1ccc(-c2nc(Cc3ccccc3)n(-c3ccccc3)n2)cc1. The van der Waals surface area contributed by atoms with Crippen molar-refractivity contribution in [2.45, 2.75) is 6.42 Å². The molecule has 0 aliphatic heterocycles. The molecule has 4 aromatic rings. The molecule has 0 bridgehead atoms. The zero-order valence-electron chi connectivity index (χ0n) is 13.6. The summed E-state index contributed by atoms with van der Waals surface area (Å²) in [5.74, 6) is 1.76. The number of hydrogen-bond acceptors (Lipinski definition) is 3. The molecule has 0 atom stereocenters. The van der Waals surface area contributed by atoms with Crippen molar-refractivity contribution in [3.63, 3.8) is 0 Å². The second-order valence-corrected chi connectivity index (χ2v) is 5.81. The molecule has 1 heterocycles. The standard InChI is InChI=1S/C21H17N3O/c25-19-13-11-17(12-14-19)21-22-20(15-16-7-3-1-4-8-16)24(23-21)18-9-5-2-6-10-18/h1-14,25H,15H2. The maximum absolute atomic E-state index is 9.49. The van der Waals surface area contributed by atoms with E-state index in [2.05, 4.69) is 12.1 Å². The van der Waals surface area contributed by atoms with Crippen LogP contribution in [0.25, 0.3) is 17.1 Å². The van der Waals surface area contributed by atoms with Crippen LogP contribution in [0, 0.1) is 0 Å². The Morgan fingerprint density at radius 2 is 1.40 bits per heavy atom. The first-order chi connectivity index (χ1) is 12.3. The van der Waals surface area contributed by atoms with Gasteiger partial charge in [0.1, 0.15) is 11.6 Å². The summed E-state index contributed by atoms with van der Waals surface area (Å²) in [5, 5.41) is 14.2. The van der Waals surface area contributed by atoms with E-state index >= 15 is 0 Å². The van der Waals surface area contributed by atoms with Crippen molar-refractivity contribution in [1.29, 1.82) is 0 Å². The summed E-state index contributed by atoms with van der Waals surface area (Å²) in [7, 11) is 0. The molecular formula is C21H17N3O. The predicted molar refractivity (Wildman–Crippen MR) is 97.7 cm³/mol. The van der Waals surface area contributed by atoms with Gasteiger partial charge in [0.05, 0.1) is 5.69 Å². The first kappa shape index (κ1) is 15.1. The Bertz CT molecular complexity index is 961. The number of para-hydroxylation sites is 1. The number of aromatic hydroxyl groups is 1. The van der Waals surface area contributed by atoms with Crippen molar-refractivity contribution in [3.05, 3.63) is 96.3 Å². The van der Waals surface area contributed by atoms with Crippen molar-refractivity contribution in [2.75, 3.05) is 0 Å². The Labute approximate surface area is 146 Å². The lowest BCUT2D eigenvalue weighted by Crippen LogP contribution is -2.03. The Kier molecular flexibility index (Phi) is 4.01. The molecule has 25 heavy (non-hydrogen) atoms. The van der Waals surface area contributed by atoms with Crippen LogP contribution in [0.3, 0.4) is 0 Å². The fraction of sp³-hybridized carbons (Fsp3) is 0.0476. The molecule has 4 nitrogen and oxygen atoms in total. The molecule has 1 aromatic heterocycles. The van der Waals surface area contributed by atoms with E-state index in [4.69, 9.17) is 10.1 Å². The second-order valence-electron chi connectivity index (χ2n) is 5.81. The number of phenols is 1. The summed E-state index contributed by atoms with van der Waals surface area (Å²) >= 11 is 0. The van der Waals surface area contributed by atoms with Crippen LogP contribution >= 0.6 is 0 Å². The molecule has 0 amide bonds. The van der Waals surface area contributed by atoms with E-state index in [0.717, 1.165) is 17.1 Å². The molecule has 0 spiro atoms. The summed E-state index contributed by atoms with van der Waals surface area (Å²) in [6.07, 6.45) is 0.695. The fourth-order valence-corrected chi connectivity index (χ4v) is 2.75. The number of nitrogens with zero attached hydrogens (tertiary/aromatic N) is 3. The van der Waals surface area contributed by atoms with Crippen LogP contribution in [-0.2, 0) is 6.42 Å². The fourth-order valence-electron chi connectivity index (χ4n) is 2.75. The van der Waals surface area contributed by atoms with Gasteiger partial charge in [-0.3, -0.25) is 0 Å². The van der Waals surface area contributed by atoms with Crippen LogP contribution < -0.4 is 0 Å². The lowest BCUT2D eigenvalue weighted by Gasteiger charge is -2.05. The van der Waals surface area contributed by atoms with Crippen LogP contribution in [0.5, 0.6) is 5.75 Å². The molecule has 0 aliphatic carbocycles. The molecule has 0 saturated heterocycles. The van der Waals surface area contributed by atoms with Gasteiger partial charge in [0.2, 0.25) is 0 Å². The van der Waals surface area contributed by atoms with E-state index in [1.54, 1.807) is 12.1 Å². The first-order valence-electron chi connectivity index (χ1n) is 8.14. The van der Waals surface area contributed by atoms with Crippen molar-refractivity contribution in [1.82, 2.24) is 14.8 Å². The molecule has 122 valence electrons. The highest BCUT2D eigenvalue weighted by Crippen LogP contribution is 2.22. The minimum atomic E-state index is 0.232. The van der Waals surface area contributed by atoms with Gasteiger partial charge in [-0.15, -0.1) is 5.10 Å². The Morgan fingerprint density at radius 1 is 0.760 bits per heavy atom. The van der Waals surface area contributed by atoms with Crippen LogP contribution in [0.1, 0.15) is 11.4 Å². The highest BCUT2D eigenvalue weighted by molar-refractivity contribution is 5.56. The van der Waals surface area contributed by atoms with E-state index in [-0.39, 0.29) is 5.75 Å². The maximum Gasteiger partial charge on any atom is 0.181 e. The van der Waals surface area contributed by atoms with E-state index in [0.29, 0.717) is 12.2 Å². The normalized spacial score (nSPS) is 10.7. The third-order valence-electron chi connectivity index (χ3n) is 4.01. The highest BCUT2D eigenvalue weighted by atomic mass is 16.3. The molecule has 0 saturated carbocycles. The smallest absolute Gasteiger partial charge is 0.181 e. The molecule has 0 fully saturated rings. The van der Waals surface area contributed by atoms with E-state index in [1.807, 2.05) is 65.3 Å². The van der Waals surface area contributed by atoms with Gasteiger partial charge in [-0.25, -0.2) is 9.67 Å². The molecule has 4 rings (SSSR count). The molecule has 4 heteroatoms. The van der Waals surface area contributed by atoms with Crippen molar-refractivity contribution >= 4 is 0 Å². The minimum absolute atomic E-state index is 0.232. The molecule has 0 aliphatic rings. The molecule has 0 unspecified atom stereocenters. The molecule has 3 aromatic carbocycles. The highest BCUT2D eigenvalue weighted by Gasteiger charge is 2.13. The van der Waals surface area contributed by atoms with E-state index < -0.39 is 0 Å². The number of hydrogen-bond donors (Lipinski definition) is 1. The number of aromatic nitrogens is 3. The van der Waals surface area contributed by atoms with Crippen molar-refractivity contribution in [3.8, 4) is 22.8 Å². The average Bonchev–Trinajstić information content (AvgIpc) is 3.08. The molecule has 0 radical (unpaired) electrons. The van der Waals surface area contributed by atoms with Gasteiger partial charge in [0.15, 0.2) is 5.82 Å². The maximum atomic E-state index is 9.49. The number of phenolic OH excluding ortho intramolecular Hbond substituents is 1. The number of benzene rings is 3. The molecule has 1 N–H and O–H groups in total. The third-order valence-corrected chi connectivity index (χ3v) is 4.01. The van der Waals surface area contributed by atoms with Crippen LogP contribution in [0.15, 0.2) is 84.9 Å². The Morgan fingerprint density at radius 3 is 2.08 bits per heavy atom. The minimum Gasteiger partial charge on any atom is -0.508 e. The van der Waals surface area contributed by atoms with Crippen LogP contribution in [0.2, 0.25) is 0 Å². The topological polar surface area (TPSA) is 50.9 Å². The lowest BCUT2D eigenvalue weighted by molar-refractivity contribution is 0.475. The van der Waals surface area contributed by atoms with Gasteiger partial charge in [-0.2, -0.15) is 0 Å². The van der Waals surface area contributed by atoms with Gasteiger partial charge in [0.25, 0.3) is 0 Å². The molecular weight excluding hydrogens is 310 g/mol. The number of rotatable bonds is 4. The van der Waals surface area contributed by atoms with Gasteiger partial charge >= 0.3 is 0 Å². The van der Waals surface area contributed by atoms with Crippen LogP contribution in [0.4, 0.5) is 0 Å². The van der Waals surface area contributed by atoms with Crippen molar-refractivity contribution in [2.24, 2.45) is 0 Å². The lowest BCUT2D eigenvalue weighted by atomic mass is 10.1. The Hall–Kier alpha value is -3.40. The monoisotopic (exact) mass is 327 g/mol. The largest absolute Gasteiger partial charge is 0.508 e. The summed E-state index contributed by atoms with van der Waals surface area (Å²) in [5.41, 5.74) is 3.04.